The second-order valence-corrected chi connectivity index (χ2v) is 8.24. The van der Waals surface area contributed by atoms with E-state index in [0.29, 0.717) is 29.7 Å². The van der Waals surface area contributed by atoms with E-state index < -0.39 is 0 Å². The number of carbonyl (C=O) groups excluding carboxylic acids is 1. The van der Waals surface area contributed by atoms with E-state index in [-0.39, 0.29) is 0 Å². The van der Waals surface area contributed by atoms with Gasteiger partial charge in [-0.05, 0) is 62.2 Å². The van der Waals surface area contributed by atoms with Crippen molar-refractivity contribution in [1.82, 2.24) is 4.90 Å². The first-order valence-electron chi connectivity index (χ1n) is 9.26. The van der Waals surface area contributed by atoms with Gasteiger partial charge in [-0.15, -0.1) is 0 Å². The highest BCUT2D eigenvalue weighted by Crippen LogP contribution is 2.43. The SMILES string of the molecule is NC1C2CCCC1CC(C(=O)N1CC3CCCCC3C1)C2. The molecule has 4 atom stereocenters. The number of likely N-dealkylation sites (tertiary alicyclic amines) is 1. The van der Waals surface area contributed by atoms with Crippen LogP contribution in [0, 0.1) is 29.6 Å². The summed E-state index contributed by atoms with van der Waals surface area (Å²) in [6, 6.07) is 0.379. The first-order valence-corrected chi connectivity index (χ1v) is 9.26. The summed E-state index contributed by atoms with van der Waals surface area (Å²) in [6.07, 6.45) is 11.5. The number of hydrogen-bond donors (Lipinski definition) is 1. The molecule has 3 saturated carbocycles. The Morgan fingerprint density at radius 3 is 1.90 bits per heavy atom. The van der Waals surface area contributed by atoms with Crippen LogP contribution in [0.5, 0.6) is 0 Å². The molecule has 0 aromatic heterocycles. The van der Waals surface area contributed by atoms with Gasteiger partial charge in [-0.25, -0.2) is 0 Å². The lowest BCUT2D eigenvalue weighted by Crippen LogP contribution is -2.49. The van der Waals surface area contributed by atoms with Crippen molar-refractivity contribution in [1.29, 1.82) is 0 Å². The van der Waals surface area contributed by atoms with Gasteiger partial charge in [-0.1, -0.05) is 19.3 Å². The molecule has 118 valence electrons. The minimum atomic E-state index is 0.292. The Labute approximate surface area is 128 Å². The average molecular weight is 290 g/mol. The largest absolute Gasteiger partial charge is 0.342 e. The molecule has 1 aliphatic heterocycles. The molecule has 1 amide bonds. The zero-order chi connectivity index (χ0) is 14.4. The molecule has 4 fully saturated rings. The number of carbonyl (C=O) groups is 1. The van der Waals surface area contributed by atoms with Gasteiger partial charge in [-0.2, -0.15) is 0 Å². The van der Waals surface area contributed by atoms with Gasteiger partial charge in [0.1, 0.15) is 0 Å². The fourth-order valence-corrected chi connectivity index (χ4v) is 5.83. The maximum Gasteiger partial charge on any atom is 0.225 e. The Morgan fingerprint density at radius 2 is 1.33 bits per heavy atom. The third-order valence-electron chi connectivity index (χ3n) is 7.05. The number of hydrogen-bond acceptors (Lipinski definition) is 2. The molecule has 2 N–H and O–H groups in total. The summed E-state index contributed by atoms with van der Waals surface area (Å²) >= 11 is 0. The molecule has 0 radical (unpaired) electrons. The van der Waals surface area contributed by atoms with Crippen molar-refractivity contribution >= 4 is 5.91 Å². The van der Waals surface area contributed by atoms with Crippen LogP contribution in [0.15, 0.2) is 0 Å². The molecular formula is C18H30N2O. The minimum Gasteiger partial charge on any atom is -0.342 e. The van der Waals surface area contributed by atoms with Crippen molar-refractivity contribution < 1.29 is 4.79 Å². The van der Waals surface area contributed by atoms with Crippen molar-refractivity contribution in [2.24, 2.45) is 35.3 Å². The lowest BCUT2D eigenvalue weighted by atomic mass is 9.65. The molecule has 1 heterocycles. The van der Waals surface area contributed by atoms with E-state index in [1.54, 1.807) is 0 Å². The Hall–Kier alpha value is -0.570. The van der Waals surface area contributed by atoms with Crippen LogP contribution in [-0.2, 0) is 4.79 Å². The third kappa shape index (κ3) is 2.52. The van der Waals surface area contributed by atoms with Crippen molar-refractivity contribution in [3.8, 4) is 0 Å². The number of nitrogens with zero attached hydrogens (tertiary/aromatic N) is 1. The van der Waals surface area contributed by atoms with Gasteiger partial charge in [0.15, 0.2) is 0 Å². The molecule has 3 heteroatoms. The molecule has 4 rings (SSSR count). The first-order chi connectivity index (χ1) is 10.2. The Balaban J connectivity index is 1.41. The highest BCUT2D eigenvalue weighted by atomic mass is 16.2. The fraction of sp³-hybridized carbons (Fsp3) is 0.944. The molecule has 4 unspecified atom stereocenters. The van der Waals surface area contributed by atoms with Crippen LogP contribution in [0.4, 0.5) is 0 Å². The Bertz CT molecular complexity index is 382. The van der Waals surface area contributed by atoms with E-state index in [1.165, 1.54) is 44.9 Å². The smallest absolute Gasteiger partial charge is 0.225 e. The molecule has 21 heavy (non-hydrogen) atoms. The normalized spacial score (nSPS) is 46.2. The second kappa shape index (κ2) is 5.57. The van der Waals surface area contributed by atoms with E-state index in [1.807, 2.05) is 0 Å². The average Bonchev–Trinajstić information content (AvgIpc) is 2.90. The van der Waals surface area contributed by atoms with Crippen LogP contribution in [0.3, 0.4) is 0 Å². The molecule has 4 aliphatic rings. The van der Waals surface area contributed by atoms with Gasteiger partial charge in [0.2, 0.25) is 5.91 Å². The highest BCUT2D eigenvalue weighted by Gasteiger charge is 2.44. The molecule has 3 nitrogen and oxygen atoms in total. The molecule has 3 aliphatic carbocycles. The standard InChI is InChI=1S/C18H30N2O/c19-17-12-6-3-7-13(17)9-16(8-12)18(21)20-10-14-4-1-2-5-15(14)11-20/h12-17H,1-11,19H2. The van der Waals surface area contributed by atoms with Crippen LogP contribution >= 0.6 is 0 Å². The zero-order valence-electron chi connectivity index (χ0n) is 13.2. The predicted molar refractivity (Wildman–Crippen MR) is 83.6 cm³/mol. The Morgan fingerprint density at radius 1 is 0.810 bits per heavy atom. The van der Waals surface area contributed by atoms with E-state index >= 15 is 0 Å². The predicted octanol–water partition coefficient (Wildman–Crippen LogP) is 2.79. The second-order valence-electron chi connectivity index (χ2n) is 8.24. The van der Waals surface area contributed by atoms with E-state index in [4.69, 9.17) is 5.73 Å². The van der Waals surface area contributed by atoms with Gasteiger partial charge in [0.25, 0.3) is 0 Å². The van der Waals surface area contributed by atoms with Gasteiger partial charge in [-0.3, -0.25) is 4.79 Å². The molecule has 2 bridgehead atoms. The maximum atomic E-state index is 13.0. The molecule has 1 saturated heterocycles. The molecular weight excluding hydrogens is 260 g/mol. The van der Waals surface area contributed by atoms with Crippen LogP contribution < -0.4 is 5.73 Å². The summed E-state index contributed by atoms with van der Waals surface area (Å²) in [4.78, 5) is 15.2. The quantitative estimate of drug-likeness (QED) is 0.807. The number of amides is 1. The van der Waals surface area contributed by atoms with E-state index in [9.17, 15) is 4.79 Å². The van der Waals surface area contributed by atoms with Crippen LogP contribution in [-0.4, -0.2) is 29.9 Å². The monoisotopic (exact) mass is 290 g/mol. The van der Waals surface area contributed by atoms with Crippen molar-refractivity contribution in [2.45, 2.75) is 63.8 Å². The first kappa shape index (κ1) is 14.0. The minimum absolute atomic E-state index is 0.292. The fourth-order valence-electron chi connectivity index (χ4n) is 5.83. The van der Waals surface area contributed by atoms with Gasteiger partial charge < -0.3 is 10.6 Å². The third-order valence-corrected chi connectivity index (χ3v) is 7.05. The molecule has 0 aromatic carbocycles. The summed E-state index contributed by atoms with van der Waals surface area (Å²) in [5, 5.41) is 0. The maximum absolute atomic E-state index is 13.0. The summed E-state index contributed by atoms with van der Waals surface area (Å²) in [5.74, 6) is 3.64. The summed E-state index contributed by atoms with van der Waals surface area (Å²) in [6.45, 7) is 2.11. The lowest BCUT2D eigenvalue weighted by molar-refractivity contribution is -0.137. The van der Waals surface area contributed by atoms with Gasteiger partial charge in [0.05, 0.1) is 0 Å². The van der Waals surface area contributed by atoms with Crippen LogP contribution in [0.1, 0.15) is 57.8 Å². The van der Waals surface area contributed by atoms with E-state index in [0.717, 1.165) is 37.8 Å². The van der Waals surface area contributed by atoms with Crippen molar-refractivity contribution in [3.63, 3.8) is 0 Å². The van der Waals surface area contributed by atoms with Crippen LogP contribution in [0.2, 0.25) is 0 Å². The summed E-state index contributed by atoms with van der Waals surface area (Å²) in [5.41, 5.74) is 6.37. The number of rotatable bonds is 1. The topological polar surface area (TPSA) is 46.3 Å². The lowest BCUT2D eigenvalue weighted by Gasteiger charge is -2.44. The Kier molecular flexibility index (Phi) is 3.72. The van der Waals surface area contributed by atoms with E-state index in [2.05, 4.69) is 4.90 Å². The van der Waals surface area contributed by atoms with Gasteiger partial charge >= 0.3 is 0 Å². The number of nitrogens with two attached hydrogens (primary N) is 1. The van der Waals surface area contributed by atoms with Crippen molar-refractivity contribution in [3.05, 3.63) is 0 Å². The van der Waals surface area contributed by atoms with Gasteiger partial charge in [0, 0.05) is 25.0 Å². The van der Waals surface area contributed by atoms with Crippen molar-refractivity contribution in [2.75, 3.05) is 13.1 Å². The summed E-state index contributed by atoms with van der Waals surface area (Å²) < 4.78 is 0. The molecule has 0 aromatic rings. The summed E-state index contributed by atoms with van der Waals surface area (Å²) in [7, 11) is 0. The molecule has 0 spiro atoms. The highest BCUT2D eigenvalue weighted by molar-refractivity contribution is 5.79. The number of fused-ring (bicyclic) bond motifs is 3. The zero-order valence-corrected chi connectivity index (χ0v) is 13.2. The van der Waals surface area contributed by atoms with Crippen LogP contribution in [0.25, 0.3) is 0 Å².